The maximum atomic E-state index is 5.02. The summed E-state index contributed by atoms with van der Waals surface area (Å²) in [5, 5.41) is 3.34. The molecule has 2 heteroatoms. The summed E-state index contributed by atoms with van der Waals surface area (Å²) < 4.78 is 5.02. The van der Waals surface area contributed by atoms with E-state index in [1.807, 2.05) is 13.1 Å². The third-order valence-electron chi connectivity index (χ3n) is 2.49. The fraction of sp³-hybridized carbons (Fsp3) is 0.571. The van der Waals surface area contributed by atoms with Gasteiger partial charge in [-0.1, -0.05) is 39.0 Å². The Balaban J connectivity index is 4.65. The van der Waals surface area contributed by atoms with Crippen molar-refractivity contribution in [3.63, 3.8) is 0 Å². The molecule has 0 aromatic carbocycles. The quantitative estimate of drug-likeness (QED) is 0.503. The van der Waals surface area contributed by atoms with Crippen LogP contribution < -0.4 is 5.32 Å². The molecule has 0 aliphatic rings. The third-order valence-corrected chi connectivity index (χ3v) is 2.49. The molecule has 92 valence electrons. The van der Waals surface area contributed by atoms with Crippen LogP contribution in [0.15, 0.2) is 36.1 Å². The van der Waals surface area contributed by atoms with E-state index in [1.165, 1.54) is 12.0 Å². The zero-order valence-corrected chi connectivity index (χ0v) is 11.0. The summed E-state index contributed by atoms with van der Waals surface area (Å²) in [7, 11) is 3.64. The Morgan fingerprint density at radius 2 is 2.06 bits per heavy atom. The van der Waals surface area contributed by atoms with Crippen molar-refractivity contribution < 1.29 is 4.74 Å². The number of likely N-dealkylation sites (N-methyl/N-ethyl adjacent to an activating group) is 1. The molecule has 1 N–H and O–H groups in total. The average molecular weight is 223 g/mol. The third kappa shape index (κ3) is 5.76. The van der Waals surface area contributed by atoms with Crippen molar-refractivity contribution in [3.8, 4) is 0 Å². The van der Waals surface area contributed by atoms with Crippen LogP contribution in [0.1, 0.15) is 33.1 Å². The number of rotatable bonds is 8. The smallest absolute Gasteiger partial charge is 0.111 e. The van der Waals surface area contributed by atoms with Gasteiger partial charge in [0.05, 0.1) is 7.11 Å². The van der Waals surface area contributed by atoms with Crippen LogP contribution in [0.25, 0.3) is 0 Å². The van der Waals surface area contributed by atoms with Crippen molar-refractivity contribution >= 4 is 0 Å². The monoisotopic (exact) mass is 223 g/mol. The van der Waals surface area contributed by atoms with Crippen LogP contribution >= 0.6 is 0 Å². The molecule has 0 saturated carbocycles. The summed E-state index contributed by atoms with van der Waals surface area (Å²) in [6, 6.07) is 0.422. The Labute approximate surface area is 100 Å². The number of hydrogen-bond acceptors (Lipinski definition) is 2. The van der Waals surface area contributed by atoms with Crippen molar-refractivity contribution in [2.24, 2.45) is 0 Å². The molecule has 0 amide bonds. The zero-order chi connectivity index (χ0) is 12.4. The van der Waals surface area contributed by atoms with Crippen LogP contribution in [0.2, 0.25) is 0 Å². The van der Waals surface area contributed by atoms with Crippen LogP contribution in [-0.4, -0.2) is 20.2 Å². The summed E-state index contributed by atoms with van der Waals surface area (Å²) in [5.41, 5.74) is 1.31. The van der Waals surface area contributed by atoms with E-state index in [9.17, 15) is 0 Å². The fourth-order valence-corrected chi connectivity index (χ4v) is 1.59. The lowest BCUT2D eigenvalue weighted by Crippen LogP contribution is -2.26. The Bertz CT molecular complexity index is 253. The maximum absolute atomic E-state index is 5.02. The highest BCUT2D eigenvalue weighted by Gasteiger charge is 2.07. The Morgan fingerprint density at radius 3 is 2.50 bits per heavy atom. The summed E-state index contributed by atoms with van der Waals surface area (Å²) in [4.78, 5) is 0. The van der Waals surface area contributed by atoms with Crippen LogP contribution in [0, 0.1) is 0 Å². The van der Waals surface area contributed by atoms with Gasteiger partial charge < -0.3 is 10.1 Å². The molecule has 0 bridgehead atoms. The van der Waals surface area contributed by atoms with Gasteiger partial charge in [-0.25, -0.2) is 0 Å². The topological polar surface area (TPSA) is 21.3 Å². The Kier molecular flexibility index (Phi) is 8.64. The molecule has 0 aliphatic heterocycles. The molecule has 0 fully saturated rings. The first-order valence-electron chi connectivity index (χ1n) is 5.97. The molecule has 0 saturated heterocycles. The predicted octanol–water partition coefficient (Wildman–Crippen LogP) is 3.43. The van der Waals surface area contributed by atoms with Crippen LogP contribution in [0.5, 0.6) is 0 Å². The van der Waals surface area contributed by atoms with E-state index in [4.69, 9.17) is 4.74 Å². The van der Waals surface area contributed by atoms with Gasteiger partial charge in [0.2, 0.25) is 0 Å². The van der Waals surface area contributed by atoms with Crippen LogP contribution in [0.3, 0.4) is 0 Å². The highest BCUT2D eigenvalue weighted by Crippen LogP contribution is 2.12. The summed E-state index contributed by atoms with van der Waals surface area (Å²) in [5.74, 6) is 0.688. The molecular formula is C14H25NO. The number of methoxy groups -OCH3 is 1. The number of allylic oxidation sites excluding steroid dienone is 2. The normalized spacial score (nSPS) is 14.1. The lowest BCUT2D eigenvalue weighted by Gasteiger charge is -2.17. The highest BCUT2D eigenvalue weighted by molar-refractivity contribution is 5.28. The molecule has 2 nitrogen and oxygen atoms in total. The van der Waals surface area contributed by atoms with Gasteiger partial charge in [-0.15, -0.1) is 0 Å². The van der Waals surface area contributed by atoms with Gasteiger partial charge >= 0.3 is 0 Å². The minimum absolute atomic E-state index is 0.422. The Hall–Kier alpha value is -1.02. The molecule has 0 heterocycles. The van der Waals surface area contributed by atoms with Gasteiger partial charge in [0.25, 0.3) is 0 Å². The van der Waals surface area contributed by atoms with E-state index in [0.29, 0.717) is 11.8 Å². The Morgan fingerprint density at radius 1 is 1.38 bits per heavy atom. The van der Waals surface area contributed by atoms with Crippen molar-refractivity contribution in [1.29, 1.82) is 0 Å². The lowest BCUT2D eigenvalue weighted by molar-refractivity contribution is 0.308. The maximum Gasteiger partial charge on any atom is 0.111 e. The first kappa shape index (κ1) is 15.0. The van der Waals surface area contributed by atoms with Crippen molar-refractivity contribution in [3.05, 3.63) is 36.1 Å². The number of nitrogens with one attached hydrogen (secondary N) is 1. The fourth-order valence-electron chi connectivity index (χ4n) is 1.59. The van der Waals surface area contributed by atoms with Gasteiger partial charge in [0, 0.05) is 6.04 Å². The zero-order valence-electron chi connectivity index (χ0n) is 11.0. The van der Waals surface area contributed by atoms with Crippen molar-refractivity contribution in [2.75, 3.05) is 14.2 Å². The van der Waals surface area contributed by atoms with E-state index >= 15 is 0 Å². The molecule has 16 heavy (non-hydrogen) atoms. The second-order valence-corrected chi connectivity index (χ2v) is 3.75. The number of hydrogen-bond donors (Lipinski definition) is 1. The average Bonchev–Trinajstić information content (AvgIpc) is 2.31. The van der Waals surface area contributed by atoms with E-state index in [2.05, 4.69) is 37.9 Å². The minimum Gasteiger partial charge on any atom is -0.497 e. The molecule has 0 aromatic rings. The van der Waals surface area contributed by atoms with E-state index in [0.717, 1.165) is 12.8 Å². The first-order valence-corrected chi connectivity index (χ1v) is 5.97. The molecule has 0 radical (unpaired) electrons. The number of ether oxygens (including phenoxy) is 1. The first-order chi connectivity index (χ1) is 7.69. The largest absolute Gasteiger partial charge is 0.497 e. The van der Waals surface area contributed by atoms with E-state index in [-0.39, 0.29) is 0 Å². The van der Waals surface area contributed by atoms with E-state index in [1.54, 1.807) is 7.11 Å². The summed E-state index contributed by atoms with van der Waals surface area (Å²) >= 11 is 0. The lowest BCUT2D eigenvalue weighted by atomic mass is 10.0. The van der Waals surface area contributed by atoms with Gasteiger partial charge in [0.15, 0.2) is 0 Å². The summed E-state index contributed by atoms with van der Waals surface area (Å²) in [6.07, 6.45) is 9.61. The summed E-state index contributed by atoms with van der Waals surface area (Å²) in [6.45, 7) is 8.13. The molecule has 1 atom stereocenters. The van der Waals surface area contributed by atoms with Crippen LogP contribution in [0.4, 0.5) is 0 Å². The van der Waals surface area contributed by atoms with E-state index < -0.39 is 0 Å². The molecule has 0 rings (SSSR count). The van der Waals surface area contributed by atoms with Crippen molar-refractivity contribution in [2.45, 2.75) is 39.2 Å². The van der Waals surface area contributed by atoms with Gasteiger partial charge in [-0.05, 0) is 31.5 Å². The molecule has 0 aliphatic carbocycles. The highest BCUT2D eigenvalue weighted by atomic mass is 16.5. The minimum atomic E-state index is 0.422. The second kappa shape index (κ2) is 9.22. The van der Waals surface area contributed by atoms with Gasteiger partial charge in [0.1, 0.15) is 5.76 Å². The predicted molar refractivity (Wildman–Crippen MR) is 71.4 cm³/mol. The van der Waals surface area contributed by atoms with Gasteiger partial charge in [-0.3, -0.25) is 0 Å². The molecule has 1 unspecified atom stereocenters. The van der Waals surface area contributed by atoms with Gasteiger partial charge in [-0.2, -0.15) is 0 Å². The molecular weight excluding hydrogens is 198 g/mol. The van der Waals surface area contributed by atoms with Crippen molar-refractivity contribution in [1.82, 2.24) is 5.32 Å². The molecule has 0 spiro atoms. The molecule has 0 aromatic heterocycles. The van der Waals surface area contributed by atoms with Crippen LogP contribution in [-0.2, 0) is 4.74 Å². The second-order valence-electron chi connectivity index (χ2n) is 3.75. The standard InChI is InChI=1S/C14H25NO/c1-6-8-13(11-10-12(3)16-5)14(15-4)9-7-2/h8,10-11,14-15H,3,6-7,9H2,1-2,4-5H3/b11-10-,13-8+. The SMILES string of the molecule is C=C(/C=C\C(=C/CC)C(CCC)NC)OC.